The van der Waals surface area contributed by atoms with Crippen LogP contribution in [0.15, 0.2) is 142 Å². The zero-order valence-corrected chi connectivity index (χ0v) is 28.5. The molecule has 0 bridgehead atoms. The highest BCUT2D eigenvalue weighted by molar-refractivity contribution is 7.97. The van der Waals surface area contributed by atoms with E-state index in [1.165, 1.54) is 24.3 Å². The normalized spacial score (nSPS) is 12.1. The first kappa shape index (κ1) is 35.2. The predicted molar refractivity (Wildman–Crippen MR) is 184 cm³/mol. The van der Waals surface area contributed by atoms with E-state index in [4.69, 9.17) is 18.9 Å². The highest BCUT2D eigenvalue weighted by Gasteiger charge is 2.30. The summed E-state index contributed by atoms with van der Waals surface area (Å²) in [7, 11) is -0.481. The number of benzene rings is 5. The number of hydrogen-bond acceptors (Lipinski definition) is 6. The van der Waals surface area contributed by atoms with Crippen LogP contribution in [0.1, 0.15) is 38.8 Å². The van der Waals surface area contributed by atoms with Gasteiger partial charge in [-0.05, 0) is 124 Å². The fraction of sp³-hybridized carbons (Fsp3) is 0.200. The van der Waals surface area contributed by atoms with Crippen LogP contribution in [-0.4, -0.2) is 25.2 Å². The highest BCUT2D eigenvalue weighted by atomic mass is 32.2. The highest BCUT2D eigenvalue weighted by Crippen LogP contribution is 2.33. The number of esters is 2. The van der Waals surface area contributed by atoms with E-state index in [1.807, 2.05) is 54.6 Å². The lowest BCUT2D eigenvalue weighted by Crippen LogP contribution is -2.28. The van der Waals surface area contributed by atoms with Crippen molar-refractivity contribution in [2.75, 3.05) is 13.2 Å². The Morgan fingerprint density at radius 1 is 0.531 bits per heavy atom. The average Bonchev–Trinajstić information content (AvgIpc) is 3.08. The number of hydrogen-bond donors (Lipinski definition) is 0. The Morgan fingerprint density at radius 3 is 1.49 bits per heavy atom. The molecule has 0 heterocycles. The maximum absolute atomic E-state index is 13.7. The first-order chi connectivity index (χ1) is 23.4. The molecule has 0 fully saturated rings. The minimum atomic E-state index is -1.03. The first-order valence-electron chi connectivity index (χ1n) is 15.6. The van der Waals surface area contributed by atoms with Gasteiger partial charge in [-0.2, -0.15) is 0 Å². The van der Waals surface area contributed by atoms with Crippen molar-refractivity contribution >= 4 is 22.8 Å². The van der Waals surface area contributed by atoms with Gasteiger partial charge in [0.2, 0.25) is 0 Å². The van der Waals surface area contributed by atoms with Crippen LogP contribution in [0.2, 0.25) is 0 Å². The number of rotatable bonds is 13. The zero-order valence-electron chi connectivity index (χ0n) is 27.7. The minimum absolute atomic E-state index is 0.286. The van der Waals surface area contributed by atoms with Crippen molar-refractivity contribution in [3.8, 4) is 11.5 Å². The number of carbonyl (C=O) groups is 2. The van der Waals surface area contributed by atoms with Crippen LogP contribution in [0.3, 0.4) is 0 Å². The van der Waals surface area contributed by atoms with Gasteiger partial charge in [0.1, 0.15) is 34.3 Å². The average molecular weight is 684 g/mol. The van der Waals surface area contributed by atoms with Crippen molar-refractivity contribution in [3.05, 3.63) is 150 Å². The minimum Gasteiger partial charge on any atom is -0.482 e. The Labute approximate surface area is 288 Å². The molecule has 0 saturated carbocycles. The summed E-state index contributed by atoms with van der Waals surface area (Å²) in [6.45, 7) is 6.28. The Bertz CT molecular complexity index is 1860. The second-order valence-corrected chi connectivity index (χ2v) is 14.2. The molecule has 0 aliphatic heterocycles. The van der Waals surface area contributed by atoms with Crippen LogP contribution in [0.4, 0.5) is 8.78 Å². The van der Waals surface area contributed by atoms with Gasteiger partial charge >= 0.3 is 11.9 Å². The summed E-state index contributed by atoms with van der Waals surface area (Å²) >= 11 is 0. The number of halogens is 2. The SMILES string of the molecule is CC(C)(OC(=O)COc1ccc([S+](c2ccccc2)c2ccc(OCC(=O)OC(C)(C)c3cccc(F)c3)cc2)cc1)c1ccc(F)cc1. The molecule has 5 aromatic carbocycles. The van der Waals surface area contributed by atoms with Gasteiger partial charge in [0.05, 0.1) is 10.9 Å². The summed E-state index contributed by atoms with van der Waals surface area (Å²) in [6, 6.07) is 36.9. The van der Waals surface area contributed by atoms with Gasteiger partial charge < -0.3 is 18.9 Å². The molecule has 0 aromatic heterocycles. The Balaban J connectivity index is 1.21. The molecular weight excluding hydrogens is 646 g/mol. The molecule has 5 rings (SSSR count). The van der Waals surface area contributed by atoms with E-state index >= 15 is 0 Å². The van der Waals surface area contributed by atoms with E-state index in [2.05, 4.69) is 12.1 Å². The summed E-state index contributed by atoms with van der Waals surface area (Å²) in [6.07, 6.45) is 0. The van der Waals surface area contributed by atoms with Gasteiger partial charge in [0.25, 0.3) is 0 Å². The molecule has 0 spiro atoms. The van der Waals surface area contributed by atoms with Gasteiger partial charge in [-0.15, -0.1) is 0 Å². The van der Waals surface area contributed by atoms with Crippen molar-refractivity contribution < 1.29 is 37.3 Å². The van der Waals surface area contributed by atoms with Crippen molar-refractivity contribution in [3.63, 3.8) is 0 Å². The summed E-state index contributed by atoms with van der Waals surface area (Å²) < 4.78 is 49.7. The molecule has 0 aliphatic carbocycles. The Morgan fingerprint density at radius 2 is 1.00 bits per heavy atom. The third-order valence-electron chi connectivity index (χ3n) is 7.61. The molecule has 0 amide bonds. The topological polar surface area (TPSA) is 71.1 Å². The summed E-state index contributed by atoms with van der Waals surface area (Å²) in [5.41, 5.74) is -0.763. The van der Waals surface area contributed by atoms with Gasteiger partial charge in [-0.1, -0.05) is 42.5 Å². The molecule has 1 atom stereocenters. The van der Waals surface area contributed by atoms with E-state index in [-0.39, 0.29) is 19.0 Å². The van der Waals surface area contributed by atoms with E-state index in [0.29, 0.717) is 22.6 Å². The van der Waals surface area contributed by atoms with Gasteiger partial charge in [0, 0.05) is 0 Å². The zero-order chi connectivity index (χ0) is 35.0. The maximum Gasteiger partial charge on any atom is 0.345 e. The predicted octanol–water partition coefficient (Wildman–Crippen LogP) is 8.77. The molecule has 1 unspecified atom stereocenters. The van der Waals surface area contributed by atoms with E-state index in [9.17, 15) is 18.4 Å². The van der Waals surface area contributed by atoms with E-state index in [1.54, 1.807) is 64.1 Å². The molecule has 252 valence electrons. The molecule has 0 saturated heterocycles. The smallest absolute Gasteiger partial charge is 0.345 e. The first-order valence-corrected chi connectivity index (χ1v) is 16.8. The third kappa shape index (κ3) is 9.48. The van der Waals surface area contributed by atoms with Crippen LogP contribution in [0.25, 0.3) is 0 Å². The molecule has 0 radical (unpaired) electrons. The molecule has 0 aliphatic rings. The maximum atomic E-state index is 13.7. The lowest BCUT2D eigenvalue weighted by Gasteiger charge is -2.25. The van der Waals surface area contributed by atoms with E-state index < -0.39 is 39.9 Å². The van der Waals surface area contributed by atoms with Crippen LogP contribution >= 0.6 is 0 Å². The third-order valence-corrected chi connectivity index (χ3v) is 9.84. The quantitative estimate of drug-likeness (QED) is 0.0913. The van der Waals surface area contributed by atoms with Crippen LogP contribution < -0.4 is 9.47 Å². The van der Waals surface area contributed by atoms with Crippen LogP contribution in [0.5, 0.6) is 11.5 Å². The molecule has 49 heavy (non-hydrogen) atoms. The Hall–Kier alpha value is -5.15. The number of ether oxygens (including phenoxy) is 4. The van der Waals surface area contributed by atoms with Crippen molar-refractivity contribution in [2.45, 2.75) is 53.6 Å². The second-order valence-electron chi connectivity index (χ2n) is 12.1. The van der Waals surface area contributed by atoms with Crippen LogP contribution in [-0.2, 0) is 41.2 Å². The fourth-order valence-electron chi connectivity index (χ4n) is 5.05. The molecule has 9 heteroatoms. The van der Waals surface area contributed by atoms with Gasteiger partial charge in [-0.3, -0.25) is 0 Å². The van der Waals surface area contributed by atoms with Crippen molar-refractivity contribution in [1.29, 1.82) is 0 Å². The van der Waals surface area contributed by atoms with E-state index in [0.717, 1.165) is 14.7 Å². The lowest BCUT2D eigenvalue weighted by molar-refractivity contribution is -0.160. The van der Waals surface area contributed by atoms with Gasteiger partial charge in [-0.25, -0.2) is 18.4 Å². The van der Waals surface area contributed by atoms with Crippen molar-refractivity contribution in [2.24, 2.45) is 0 Å². The molecular formula is C40H37F2O6S+. The molecule has 6 nitrogen and oxygen atoms in total. The van der Waals surface area contributed by atoms with Crippen molar-refractivity contribution in [1.82, 2.24) is 0 Å². The summed E-state index contributed by atoms with van der Waals surface area (Å²) in [4.78, 5) is 28.3. The van der Waals surface area contributed by atoms with Gasteiger partial charge in [0.15, 0.2) is 27.9 Å². The summed E-state index contributed by atoms with van der Waals surface area (Å²) in [5.74, 6) is -0.882. The largest absolute Gasteiger partial charge is 0.482 e. The standard InChI is InChI=1S/C40H37F2O6S/c1-39(2,28-13-15-30(41)16-14-28)47-37(43)26-45-32-17-21-35(22-18-32)49(34-11-6-5-7-12-34)36-23-19-33(20-24-36)46-27-38(44)48-40(3,4)29-9-8-10-31(42)25-29/h5-25H,26-27H2,1-4H3/q+1. The van der Waals surface area contributed by atoms with Crippen LogP contribution in [0, 0.1) is 11.6 Å². The fourth-order valence-corrected chi connectivity index (χ4v) is 7.12. The monoisotopic (exact) mass is 683 g/mol. The lowest BCUT2D eigenvalue weighted by atomic mass is 9.98. The number of carbonyl (C=O) groups excluding carboxylic acids is 2. The summed E-state index contributed by atoms with van der Waals surface area (Å²) in [5, 5.41) is 0. The molecule has 5 aromatic rings. The molecule has 0 N–H and O–H groups in total. The second kappa shape index (κ2) is 15.4. The Kier molecular flexibility index (Phi) is 11.0.